The van der Waals surface area contributed by atoms with Gasteiger partial charge in [0.15, 0.2) is 0 Å². The van der Waals surface area contributed by atoms with Crippen molar-refractivity contribution in [1.82, 2.24) is 0 Å². The molecule has 9 heteroatoms. The molecular formula is C44H85NO7P+. The quantitative estimate of drug-likeness (QED) is 0.0218. The summed E-state index contributed by atoms with van der Waals surface area (Å²) in [6, 6.07) is 0. The van der Waals surface area contributed by atoms with Crippen LogP contribution in [0.2, 0.25) is 0 Å². The van der Waals surface area contributed by atoms with Gasteiger partial charge >= 0.3 is 13.8 Å². The van der Waals surface area contributed by atoms with E-state index in [1.807, 2.05) is 21.1 Å². The summed E-state index contributed by atoms with van der Waals surface area (Å²) >= 11 is 0. The minimum atomic E-state index is -4.27. The van der Waals surface area contributed by atoms with Crippen LogP contribution in [-0.4, -0.2) is 75.6 Å². The zero-order chi connectivity index (χ0) is 39.1. The van der Waals surface area contributed by atoms with E-state index < -0.39 is 13.9 Å². The number of rotatable bonds is 40. The van der Waals surface area contributed by atoms with Crippen molar-refractivity contribution < 1.29 is 37.3 Å². The van der Waals surface area contributed by atoms with Crippen LogP contribution in [0.15, 0.2) is 36.5 Å². The molecule has 2 atom stereocenters. The third-order valence-corrected chi connectivity index (χ3v) is 10.2. The molecule has 312 valence electrons. The van der Waals surface area contributed by atoms with E-state index in [2.05, 4.69) is 50.3 Å². The van der Waals surface area contributed by atoms with Crippen molar-refractivity contribution in [1.29, 1.82) is 0 Å². The van der Waals surface area contributed by atoms with E-state index in [0.717, 1.165) is 51.4 Å². The lowest BCUT2D eigenvalue weighted by Crippen LogP contribution is -2.37. The first-order chi connectivity index (χ1) is 25.6. The van der Waals surface area contributed by atoms with Gasteiger partial charge in [0.25, 0.3) is 0 Å². The highest BCUT2D eigenvalue weighted by Crippen LogP contribution is 2.43. The van der Waals surface area contributed by atoms with Crippen LogP contribution in [0.25, 0.3) is 0 Å². The summed E-state index contributed by atoms with van der Waals surface area (Å²) in [4.78, 5) is 22.8. The van der Waals surface area contributed by atoms with Crippen molar-refractivity contribution in [3.8, 4) is 0 Å². The lowest BCUT2D eigenvalue weighted by molar-refractivity contribution is -0.870. The maximum absolute atomic E-state index is 12.6. The topological polar surface area (TPSA) is 91.3 Å². The molecular weight excluding hydrogens is 685 g/mol. The first kappa shape index (κ1) is 51.7. The molecule has 2 unspecified atom stereocenters. The summed E-state index contributed by atoms with van der Waals surface area (Å²) in [6.07, 6.45) is 43.2. The SMILES string of the molecule is CCCCCCC/C=C\C/C=C\C/C=C\CCCCCCCCCCC(=O)OC(COCCCCCCCCCC)COP(=O)(O)OCC[N+](C)(C)C. The van der Waals surface area contributed by atoms with Crippen LogP contribution in [0.5, 0.6) is 0 Å². The Hall–Kier alpha value is -1.28. The van der Waals surface area contributed by atoms with Crippen molar-refractivity contribution >= 4 is 13.8 Å². The Morgan fingerprint density at radius 1 is 0.585 bits per heavy atom. The van der Waals surface area contributed by atoms with Gasteiger partial charge in [0.2, 0.25) is 0 Å². The molecule has 8 nitrogen and oxygen atoms in total. The molecule has 0 bridgehead atoms. The fourth-order valence-electron chi connectivity index (χ4n) is 5.79. The Morgan fingerprint density at radius 3 is 1.55 bits per heavy atom. The second-order valence-corrected chi connectivity index (χ2v) is 17.2. The van der Waals surface area contributed by atoms with Crippen molar-refractivity contribution in [2.45, 2.75) is 187 Å². The number of phosphoric ester groups is 1. The maximum atomic E-state index is 12.6. The fourth-order valence-corrected chi connectivity index (χ4v) is 6.54. The van der Waals surface area contributed by atoms with Crippen LogP contribution >= 0.6 is 7.82 Å². The number of hydrogen-bond acceptors (Lipinski definition) is 6. The van der Waals surface area contributed by atoms with Crippen LogP contribution in [0.3, 0.4) is 0 Å². The molecule has 0 saturated carbocycles. The number of nitrogens with zero attached hydrogens (tertiary/aromatic N) is 1. The van der Waals surface area contributed by atoms with E-state index in [-0.39, 0.29) is 25.8 Å². The number of hydrogen-bond donors (Lipinski definition) is 1. The van der Waals surface area contributed by atoms with Gasteiger partial charge < -0.3 is 18.9 Å². The van der Waals surface area contributed by atoms with Crippen LogP contribution in [-0.2, 0) is 27.9 Å². The van der Waals surface area contributed by atoms with Crippen LogP contribution in [0, 0.1) is 0 Å². The molecule has 0 spiro atoms. The number of ether oxygens (including phenoxy) is 2. The van der Waals surface area contributed by atoms with Crippen LogP contribution < -0.4 is 0 Å². The highest BCUT2D eigenvalue weighted by Gasteiger charge is 2.26. The summed E-state index contributed by atoms with van der Waals surface area (Å²) in [5, 5.41) is 0. The zero-order valence-electron chi connectivity index (χ0n) is 35.3. The number of esters is 1. The minimum absolute atomic E-state index is 0.0873. The predicted molar refractivity (Wildman–Crippen MR) is 224 cm³/mol. The van der Waals surface area contributed by atoms with Gasteiger partial charge in [0, 0.05) is 13.0 Å². The summed E-state index contributed by atoms with van der Waals surface area (Å²) in [7, 11) is 1.66. The summed E-state index contributed by atoms with van der Waals surface area (Å²) in [5.41, 5.74) is 0. The molecule has 0 aliphatic carbocycles. The van der Waals surface area contributed by atoms with Gasteiger partial charge in [0.05, 0.1) is 34.4 Å². The third kappa shape index (κ3) is 41.7. The number of likely N-dealkylation sites (N-methyl/N-ethyl adjacent to an activating group) is 1. The standard InChI is InChI=1S/C44H84NO7P/c1-6-8-10-12-14-16-17-18-19-20-21-22-23-24-25-26-27-28-29-30-31-33-35-37-44(46)52-43(41-49-39-36-34-32-15-13-11-9-7-2)42-51-53(47,48)50-40-38-45(3,4)5/h17-18,20-21,23-24,43H,6-16,19,22,25-42H2,1-5H3/p+1/b18-17-,21-20-,24-23-. The number of unbranched alkanes of at least 4 members (excludes halogenated alkanes) is 20. The Bertz CT molecular complexity index is 947. The smallest absolute Gasteiger partial charge is 0.457 e. The highest BCUT2D eigenvalue weighted by molar-refractivity contribution is 7.47. The molecule has 0 heterocycles. The zero-order valence-corrected chi connectivity index (χ0v) is 36.1. The summed E-state index contributed by atoms with van der Waals surface area (Å²) in [6.45, 7) is 5.58. The molecule has 0 aromatic rings. The third-order valence-electron chi connectivity index (χ3n) is 9.20. The van der Waals surface area contributed by atoms with Gasteiger partial charge in [0.1, 0.15) is 19.3 Å². The summed E-state index contributed by atoms with van der Waals surface area (Å²) < 4.78 is 34.8. The molecule has 0 amide bonds. The monoisotopic (exact) mass is 771 g/mol. The second kappa shape index (κ2) is 37.6. The number of quaternary nitrogens is 1. The minimum Gasteiger partial charge on any atom is -0.457 e. The Kier molecular flexibility index (Phi) is 36.7. The highest BCUT2D eigenvalue weighted by atomic mass is 31.2. The van der Waals surface area contributed by atoms with Gasteiger partial charge in [-0.1, -0.05) is 159 Å². The molecule has 0 fully saturated rings. The van der Waals surface area contributed by atoms with Gasteiger partial charge in [-0.15, -0.1) is 0 Å². The van der Waals surface area contributed by atoms with Gasteiger partial charge in [-0.25, -0.2) is 4.57 Å². The van der Waals surface area contributed by atoms with Crippen molar-refractivity contribution in [3.05, 3.63) is 36.5 Å². The molecule has 0 aliphatic rings. The number of carbonyl (C=O) groups excluding carboxylic acids is 1. The first-order valence-corrected chi connectivity index (χ1v) is 23.2. The van der Waals surface area contributed by atoms with E-state index in [9.17, 15) is 14.3 Å². The molecule has 0 saturated heterocycles. The van der Waals surface area contributed by atoms with E-state index in [4.69, 9.17) is 18.5 Å². The average Bonchev–Trinajstić information content (AvgIpc) is 3.11. The van der Waals surface area contributed by atoms with Gasteiger partial charge in [-0.05, 0) is 51.4 Å². The van der Waals surface area contributed by atoms with Gasteiger partial charge in [-0.2, -0.15) is 0 Å². The van der Waals surface area contributed by atoms with Crippen LogP contribution in [0.1, 0.15) is 181 Å². The number of phosphoric acid groups is 1. The largest absolute Gasteiger partial charge is 0.472 e. The molecule has 0 aromatic carbocycles. The molecule has 0 rings (SSSR count). The molecule has 0 aromatic heterocycles. The van der Waals surface area contributed by atoms with E-state index in [1.54, 1.807) is 0 Å². The van der Waals surface area contributed by atoms with E-state index in [0.29, 0.717) is 24.1 Å². The van der Waals surface area contributed by atoms with Crippen molar-refractivity contribution in [2.75, 3.05) is 54.1 Å². The lowest BCUT2D eigenvalue weighted by atomic mass is 10.1. The fraction of sp³-hybridized carbons (Fsp3) is 0.841. The Balaban J connectivity index is 4.11. The van der Waals surface area contributed by atoms with Gasteiger partial charge in [-0.3, -0.25) is 13.8 Å². The Morgan fingerprint density at radius 2 is 1.04 bits per heavy atom. The van der Waals surface area contributed by atoms with Crippen molar-refractivity contribution in [2.24, 2.45) is 0 Å². The predicted octanol–water partition coefficient (Wildman–Crippen LogP) is 12.6. The molecule has 1 N–H and O–H groups in total. The lowest BCUT2D eigenvalue weighted by Gasteiger charge is -2.24. The Labute approximate surface area is 327 Å². The first-order valence-electron chi connectivity index (χ1n) is 21.7. The maximum Gasteiger partial charge on any atom is 0.472 e. The molecule has 0 aliphatic heterocycles. The van der Waals surface area contributed by atoms with Crippen LogP contribution in [0.4, 0.5) is 0 Å². The van der Waals surface area contributed by atoms with Crippen molar-refractivity contribution in [3.63, 3.8) is 0 Å². The number of carbonyl (C=O) groups is 1. The second-order valence-electron chi connectivity index (χ2n) is 15.7. The number of allylic oxidation sites excluding steroid dienone is 6. The molecule has 53 heavy (non-hydrogen) atoms. The van der Waals surface area contributed by atoms with E-state index >= 15 is 0 Å². The average molecular weight is 771 g/mol. The summed E-state index contributed by atoms with van der Waals surface area (Å²) in [5.74, 6) is -0.322. The normalized spacial score (nSPS) is 14.2. The molecule has 0 radical (unpaired) electrons. The van der Waals surface area contributed by atoms with E-state index in [1.165, 1.54) is 109 Å².